The van der Waals surface area contributed by atoms with Gasteiger partial charge in [-0.05, 0) is 18.8 Å². The van der Waals surface area contributed by atoms with Gasteiger partial charge in [0.05, 0.1) is 12.7 Å². The van der Waals surface area contributed by atoms with Gasteiger partial charge in [-0.1, -0.05) is 0 Å². The minimum atomic E-state index is -4.44. The predicted molar refractivity (Wildman–Crippen MR) is 57.0 cm³/mol. The van der Waals surface area contributed by atoms with Crippen molar-refractivity contribution in [1.82, 2.24) is 10.6 Å². The van der Waals surface area contributed by atoms with Crippen LogP contribution in [0.25, 0.3) is 0 Å². The van der Waals surface area contributed by atoms with Crippen LogP contribution in [-0.2, 0) is 4.74 Å². The lowest BCUT2D eigenvalue weighted by atomic mass is 10.4. The van der Waals surface area contributed by atoms with Crippen molar-refractivity contribution in [2.24, 2.45) is 5.92 Å². The number of aliphatic hydroxyl groups is 1. The molecule has 0 aromatic rings. The number of hydrogen-bond donors (Lipinski definition) is 3. The fraction of sp³-hybridized carbons (Fsp3) is 0.900. The van der Waals surface area contributed by atoms with Gasteiger partial charge in [-0.2, -0.15) is 13.2 Å². The number of amides is 2. The number of nitrogens with one attached hydrogen (secondary N) is 2. The number of carbonyl (C=O) groups is 1. The average Bonchev–Trinajstić information content (AvgIpc) is 3.06. The number of hydrogen-bond acceptors (Lipinski definition) is 3. The minimum Gasteiger partial charge on any atom is -0.389 e. The predicted octanol–water partition coefficient (Wildman–Crippen LogP) is 0.635. The molecule has 1 atom stereocenters. The summed E-state index contributed by atoms with van der Waals surface area (Å²) >= 11 is 0. The van der Waals surface area contributed by atoms with Gasteiger partial charge in [-0.3, -0.25) is 0 Å². The molecule has 0 heterocycles. The molecule has 0 aromatic carbocycles. The summed E-state index contributed by atoms with van der Waals surface area (Å²) < 4.78 is 40.4. The zero-order valence-electron chi connectivity index (χ0n) is 9.79. The Balaban J connectivity index is 1.98. The maximum atomic E-state index is 11.8. The van der Waals surface area contributed by atoms with E-state index in [-0.39, 0.29) is 13.2 Å². The highest BCUT2D eigenvalue weighted by molar-refractivity contribution is 5.73. The van der Waals surface area contributed by atoms with Crippen LogP contribution in [0.4, 0.5) is 18.0 Å². The van der Waals surface area contributed by atoms with E-state index in [1.54, 1.807) is 5.32 Å². The lowest BCUT2D eigenvalue weighted by Crippen LogP contribution is -2.44. The maximum absolute atomic E-state index is 11.8. The molecule has 1 aliphatic rings. The van der Waals surface area contributed by atoms with E-state index in [1.165, 1.54) is 0 Å². The lowest BCUT2D eigenvalue weighted by Gasteiger charge is -2.13. The van der Waals surface area contributed by atoms with E-state index >= 15 is 0 Å². The zero-order chi connectivity index (χ0) is 13.6. The average molecular weight is 270 g/mol. The Bertz CT molecular complexity index is 270. The molecular weight excluding hydrogens is 253 g/mol. The lowest BCUT2D eigenvalue weighted by molar-refractivity contribution is -0.122. The first-order valence-electron chi connectivity index (χ1n) is 5.71. The third kappa shape index (κ3) is 8.13. The molecule has 18 heavy (non-hydrogen) atoms. The third-order valence-corrected chi connectivity index (χ3v) is 2.31. The van der Waals surface area contributed by atoms with E-state index in [2.05, 4.69) is 5.32 Å². The molecule has 1 saturated carbocycles. The molecule has 0 aliphatic heterocycles. The van der Waals surface area contributed by atoms with Crippen LogP contribution < -0.4 is 10.6 Å². The molecule has 5 nitrogen and oxygen atoms in total. The van der Waals surface area contributed by atoms with E-state index in [9.17, 15) is 23.1 Å². The van der Waals surface area contributed by atoms with Gasteiger partial charge >= 0.3 is 12.2 Å². The van der Waals surface area contributed by atoms with Crippen molar-refractivity contribution in [3.05, 3.63) is 0 Å². The smallest absolute Gasteiger partial charge is 0.389 e. The first-order chi connectivity index (χ1) is 8.37. The Kier molecular flexibility index (Phi) is 5.67. The van der Waals surface area contributed by atoms with Gasteiger partial charge in [0.15, 0.2) is 0 Å². The van der Waals surface area contributed by atoms with Crippen LogP contribution >= 0.6 is 0 Å². The molecule has 0 aromatic heterocycles. The van der Waals surface area contributed by atoms with Gasteiger partial charge < -0.3 is 20.5 Å². The van der Waals surface area contributed by atoms with Gasteiger partial charge in [0, 0.05) is 13.2 Å². The summed E-state index contributed by atoms with van der Waals surface area (Å²) in [6, 6.07) is -0.964. The standard InChI is InChI=1S/C10H17F3N2O3/c11-10(12,13)6-15-9(17)14-3-8(16)5-18-4-7-1-2-7/h7-8,16H,1-6H2,(H2,14,15,17). The molecule has 8 heteroatoms. The third-order valence-electron chi connectivity index (χ3n) is 2.31. The van der Waals surface area contributed by atoms with E-state index in [0.717, 1.165) is 12.8 Å². The summed E-state index contributed by atoms with van der Waals surface area (Å²) in [5.74, 6) is 0.570. The summed E-state index contributed by atoms with van der Waals surface area (Å²) in [6.07, 6.45) is -3.09. The van der Waals surface area contributed by atoms with Crippen molar-refractivity contribution in [2.45, 2.75) is 25.1 Å². The number of rotatable bonds is 7. The Morgan fingerprint density at radius 3 is 2.61 bits per heavy atom. The highest BCUT2D eigenvalue weighted by Crippen LogP contribution is 2.28. The number of halogens is 3. The largest absolute Gasteiger partial charge is 0.405 e. The molecule has 1 rings (SSSR count). The van der Waals surface area contributed by atoms with E-state index < -0.39 is 24.9 Å². The molecule has 1 aliphatic carbocycles. The fourth-order valence-corrected chi connectivity index (χ4v) is 1.17. The highest BCUT2D eigenvalue weighted by atomic mass is 19.4. The summed E-state index contributed by atoms with van der Waals surface area (Å²) in [6.45, 7) is -0.894. The van der Waals surface area contributed by atoms with Crippen molar-refractivity contribution in [1.29, 1.82) is 0 Å². The van der Waals surface area contributed by atoms with Gasteiger partial charge in [0.25, 0.3) is 0 Å². The summed E-state index contributed by atoms with van der Waals surface area (Å²) in [4.78, 5) is 10.9. The fourth-order valence-electron chi connectivity index (χ4n) is 1.17. The number of aliphatic hydroxyl groups excluding tert-OH is 1. The van der Waals surface area contributed by atoms with Crippen molar-refractivity contribution >= 4 is 6.03 Å². The maximum Gasteiger partial charge on any atom is 0.405 e. The Labute approximate surface area is 103 Å². The van der Waals surface area contributed by atoms with Crippen LogP contribution in [0.2, 0.25) is 0 Å². The topological polar surface area (TPSA) is 70.6 Å². The van der Waals surface area contributed by atoms with Crippen LogP contribution in [0.3, 0.4) is 0 Å². The molecule has 3 N–H and O–H groups in total. The van der Waals surface area contributed by atoms with Crippen molar-refractivity contribution in [3.63, 3.8) is 0 Å². The van der Waals surface area contributed by atoms with Crippen LogP contribution in [0.15, 0.2) is 0 Å². The molecule has 106 valence electrons. The highest BCUT2D eigenvalue weighted by Gasteiger charge is 2.27. The Morgan fingerprint density at radius 2 is 2.06 bits per heavy atom. The van der Waals surface area contributed by atoms with Gasteiger partial charge in [-0.25, -0.2) is 4.79 Å². The van der Waals surface area contributed by atoms with Crippen molar-refractivity contribution < 1.29 is 27.8 Å². The minimum absolute atomic E-state index is 0.0655. The quantitative estimate of drug-likeness (QED) is 0.635. The van der Waals surface area contributed by atoms with Gasteiger partial charge in [0.1, 0.15) is 6.54 Å². The second-order valence-electron chi connectivity index (χ2n) is 4.31. The van der Waals surface area contributed by atoms with Crippen LogP contribution in [0, 0.1) is 5.92 Å². The monoisotopic (exact) mass is 270 g/mol. The molecule has 0 saturated heterocycles. The number of ether oxygens (including phenoxy) is 1. The van der Waals surface area contributed by atoms with Crippen LogP contribution in [0.1, 0.15) is 12.8 Å². The van der Waals surface area contributed by atoms with E-state index in [0.29, 0.717) is 12.5 Å². The molecule has 0 bridgehead atoms. The molecular formula is C10H17F3N2O3. The number of carbonyl (C=O) groups excluding carboxylic acids is 1. The van der Waals surface area contributed by atoms with Crippen LogP contribution in [-0.4, -0.2) is 49.7 Å². The molecule has 1 unspecified atom stereocenters. The Morgan fingerprint density at radius 1 is 1.39 bits per heavy atom. The second-order valence-corrected chi connectivity index (χ2v) is 4.31. The Hall–Kier alpha value is -1.02. The van der Waals surface area contributed by atoms with E-state index in [1.807, 2.05) is 0 Å². The van der Waals surface area contributed by atoms with Gasteiger partial charge in [-0.15, -0.1) is 0 Å². The first-order valence-corrected chi connectivity index (χ1v) is 5.71. The zero-order valence-corrected chi connectivity index (χ0v) is 9.79. The number of alkyl halides is 3. The molecule has 0 spiro atoms. The second kappa shape index (κ2) is 6.79. The van der Waals surface area contributed by atoms with Crippen LogP contribution in [0.5, 0.6) is 0 Å². The van der Waals surface area contributed by atoms with Crippen molar-refractivity contribution in [3.8, 4) is 0 Å². The number of urea groups is 1. The first kappa shape index (κ1) is 15.0. The van der Waals surface area contributed by atoms with Gasteiger partial charge in [0.2, 0.25) is 0 Å². The molecule has 1 fully saturated rings. The normalized spacial score (nSPS) is 17.3. The summed E-state index contributed by atoms with van der Waals surface area (Å²) in [5.41, 5.74) is 0. The molecule has 2 amide bonds. The molecule has 0 radical (unpaired) electrons. The van der Waals surface area contributed by atoms with Crippen molar-refractivity contribution in [2.75, 3.05) is 26.3 Å². The van der Waals surface area contributed by atoms with E-state index in [4.69, 9.17) is 4.74 Å². The SMILES string of the molecule is O=C(NCC(O)COCC1CC1)NCC(F)(F)F. The summed E-state index contributed by atoms with van der Waals surface area (Å²) in [7, 11) is 0. The summed E-state index contributed by atoms with van der Waals surface area (Å²) in [5, 5.41) is 13.1.